The van der Waals surface area contributed by atoms with Crippen LogP contribution in [-0.4, -0.2) is 30.7 Å². The Morgan fingerprint density at radius 3 is 2.64 bits per heavy atom. The van der Waals surface area contributed by atoms with E-state index in [2.05, 4.69) is 44.1 Å². The Morgan fingerprint density at radius 1 is 1.24 bits per heavy atom. The lowest BCUT2D eigenvalue weighted by Gasteiger charge is -2.36. The molecule has 1 aromatic rings. The van der Waals surface area contributed by atoms with Crippen molar-refractivity contribution in [3.63, 3.8) is 0 Å². The highest BCUT2D eigenvalue weighted by Gasteiger charge is 2.34. The number of aliphatic imine (C=N–C) groups is 1. The molecule has 2 aliphatic carbocycles. The Hall–Kier alpha value is -1.94. The topological polar surface area (TPSA) is 54.4 Å². The summed E-state index contributed by atoms with van der Waals surface area (Å²) in [6.07, 6.45) is 11.7. The van der Waals surface area contributed by atoms with Crippen molar-refractivity contribution in [1.29, 1.82) is 0 Å². The molecule has 0 aliphatic heterocycles. The number of nitrogens with one attached hydrogen (secondary N) is 1. The second-order valence-electron chi connectivity index (χ2n) is 9.70. The van der Waals surface area contributed by atoms with Gasteiger partial charge in [0.25, 0.3) is 0 Å². The molecule has 1 heterocycles. The molecule has 180 valence electrons. The SMILES string of the molecule is CCc1c(C)cnc(CC2CCC(CC(=O)NC)C3=C(Cl)CCCC(=NC)C(C)C=C32)c1C. The van der Waals surface area contributed by atoms with Crippen molar-refractivity contribution >= 4 is 23.2 Å². The van der Waals surface area contributed by atoms with E-state index in [1.54, 1.807) is 7.05 Å². The third-order valence-corrected chi connectivity index (χ3v) is 8.06. The number of rotatable bonds is 5. The minimum atomic E-state index is 0.0853. The van der Waals surface area contributed by atoms with Gasteiger partial charge in [-0.05, 0) is 98.5 Å². The normalized spacial score (nSPS) is 25.1. The Labute approximate surface area is 205 Å². The van der Waals surface area contributed by atoms with Crippen molar-refractivity contribution < 1.29 is 4.79 Å². The maximum Gasteiger partial charge on any atom is 0.220 e. The number of hydrogen-bond donors (Lipinski definition) is 1. The molecule has 1 saturated carbocycles. The minimum absolute atomic E-state index is 0.0853. The van der Waals surface area contributed by atoms with Crippen LogP contribution in [0.4, 0.5) is 0 Å². The summed E-state index contributed by atoms with van der Waals surface area (Å²) in [7, 11) is 3.61. The van der Waals surface area contributed by atoms with Crippen molar-refractivity contribution in [3.05, 3.63) is 50.8 Å². The summed E-state index contributed by atoms with van der Waals surface area (Å²) in [5.74, 6) is 0.877. The van der Waals surface area contributed by atoms with Gasteiger partial charge in [-0.3, -0.25) is 14.8 Å². The summed E-state index contributed by atoms with van der Waals surface area (Å²) in [6.45, 7) is 8.84. The molecule has 5 heteroatoms. The monoisotopic (exact) mass is 469 g/mol. The van der Waals surface area contributed by atoms with Crippen LogP contribution in [0.2, 0.25) is 0 Å². The fourth-order valence-corrected chi connectivity index (χ4v) is 6.17. The van der Waals surface area contributed by atoms with E-state index in [4.69, 9.17) is 16.6 Å². The van der Waals surface area contributed by atoms with Gasteiger partial charge in [0.05, 0.1) is 0 Å². The standard InChI is InChI=1S/C28H40ClN3O/c1-7-22-18(3)16-32-26(19(22)4)14-20-11-12-21(15-27(33)31-6)28-23(20)13-17(2)25(30-5)10-8-9-24(28)29/h13,16-17,20-21H,7-12,14-15H2,1-6H3,(H,31,33). The minimum Gasteiger partial charge on any atom is -0.359 e. The average molecular weight is 470 g/mol. The van der Waals surface area contributed by atoms with Gasteiger partial charge in [0.1, 0.15) is 0 Å². The van der Waals surface area contributed by atoms with Crippen LogP contribution < -0.4 is 5.32 Å². The second kappa shape index (κ2) is 11.5. The van der Waals surface area contributed by atoms with E-state index in [9.17, 15) is 4.79 Å². The molecule has 1 fully saturated rings. The summed E-state index contributed by atoms with van der Waals surface area (Å²) in [5, 5.41) is 3.75. The second-order valence-corrected chi connectivity index (χ2v) is 10.2. The van der Waals surface area contributed by atoms with Gasteiger partial charge in [-0.2, -0.15) is 0 Å². The first-order chi connectivity index (χ1) is 15.8. The van der Waals surface area contributed by atoms with E-state index in [0.29, 0.717) is 12.3 Å². The van der Waals surface area contributed by atoms with Gasteiger partial charge in [-0.1, -0.05) is 31.5 Å². The van der Waals surface area contributed by atoms with E-state index >= 15 is 0 Å². The first-order valence-corrected chi connectivity index (χ1v) is 12.9. The number of carbonyl (C=O) groups is 1. The lowest BCUT2D eigenvalue weighted by atomic mass is 9.70. The zero-order chi connectivity index (χ0) is 24.1. The van der Waals surface area contributed by atoms with Crippen LogP contribution in [0.15, 0.2) is 33.4 Å². The Morgan fingerprint density at radius 2 is 1.97 bits per heavy atom. The van der Waals surface area contributed by atoms with Crippen LogP contribution in [0, 0.1) is 31.6 Å². The van der Waals surface area contributed by atoms with Gasteiger partial charge in [0.2, 0.25) is 5.91 Å². The highest BCUT2D eigenvalue weighted by Crippen LogP contribution is 2.45. The molecule has 3 atom stereocenters. The summed E-state index contributed by atoms with van der Waals surface area (Å²) in [6, 6.07) is 0. The van der Waals surface area contributed by atoms with Crippen molar-refractivity contribution in [1.82, 2.24) is 10.3 Å². The van der Waals surface area contributed by atoms with E-state index < -0.39 is 0 Å². The molecule has 0 bridgehead atoms. The number of aryl methyl sites for hydroxylation is 1. The predicted molar refractivity (Wildman–Crippen MR) is 139 cm³/mol. The number of hydrogen-bond acceptors (Lipinski definition) is 3. The van der Waals surface area contributed by atoms with Crippen LogP contribution in [0.25, 0.3) is 0 Å². The average Bonchev–Trinajstić information content (AvgIpc) is 2.85. The van der Waals surface area contributed by atoms with Crippen LogP contribution >= 0.6 is 11.6 Å². The third-order valence-electron chi connectivity index (χ3n) is 7.67. The fraction of sp³-hybridized carbons (Fsp3) is 0.607. The molecular formula is C28H40ClN3O. The quantitative estimate of drug-likeness (QED) is 0.552. The largest absolute Gasteiger partial charge is 0.359 e. The molecule has 0 saturated heterocycles. The first kappa shape index (κ1) is 25.7. The zero-order valence-corrected chi connectivity index (χ0v) is 22.0. The van der Waals surface area contributed by atoms with E-state index in [0.717, 1.165) is 50.0 Å². The molecule has 4 nitrogen and oxygen atoms in total. The molecule has 1 N–H and O–H groups in total. The summed E-state index contributed by atoms with van der Waals surface area (Å²) in [5.41, 5.74) is 9.00. The van der Waals surface area contributed by atoms with Crippen molar-refractivity contribution in [3.8, 4) is 0 Å². The highest BCUT2D eigenvalue weighted by molar-refractivity contribution is 6.30. The molecule has 0 aromatic carbocycles. The van der Waals surface area contributed by atoms with Crippen molar-refractivity contribution in [2.24, 2.45) is 22.7 Å². The zero-order valence-electron chi connectivity index (χ0n) is 21.2. The van der Waals surface area contributed by atoms with E-state index in [-0.39, 0.29) is 17.7 Å². The van der Waals surface area contributed by atoms with Gasteiger partial charge in [-0.25, -0.2) is 0 Å². The number of aromatic nitrogens is 1. The van der Waals surface area contributed by atoms with Crippen molar-refractivity contribution in [2.45, 2.75) is 79.1 Å². The van der Waals surface area contributed by atoms with Crippen LogP contribution in [-0.2, 0) is 17.6 Å². The number of nitrogens with zero attached hydrogens (tertiary/aromatic N) is 2. The molecule has 1 aromatic heterocycles. The van der Waals surface area contributed by atoms with Gasteiger partial charge >= 0.3 is 0 Å². The first-order valence-electron chi connectivity index (χ1n) is 12.5. The van der Waals surface area contributed by atoms with Crippen LogP contribution in [0.1, 0.15) is 74.8 Å². The molecular weight excluding hydrogens is 430 g/mol. The van der Waals surface area contributed by atoms with Gasteiger partial charge in [-0.15, -0.1) is 0 Å². The lowest BCUT2D eigenvalue weighted by Crippen LogP contribution is -2.29. The molecule has 2 aliphatic rings. The molecule has 1 amide bonds. The molecule has 3 rings (SSSR count). The number of carbonyl (C=O) groups excluding carboxylic acids is 1. The number of pyridine rings is 1. The summed E-state index contributed by atoms with van der Waals surface area (Å²) < 4.78 is 0. The smallest absolute Gasteiger partial charge is 0.220 e. The molecule has 3 unspecified atom stereocenters. The van der Waals surface area contributed by atoms with Gasteiger partial charge in [0.15, 0.2) is 0 Å². The summed E-state index contributed by atoms with van der Waals surface area (Å²) >= 11 is 7.02. The number of halogens is 1. The van der Waals surface area contributed by atoms with Gasteiger partial charge < -0.3 is 5.32 Å². The summed E-state index contributed by atoms with van der Waals surface area (Å²) in [4.78, 5) is 21.8. The van der Waals surface area contributed by atoms with E-state index in [1.807, 2.05) is 13.2 Å². The fourth-order valence-electron chi connectivity index (χ4n) is 5.77. The number of fused-ring (bicyclic) bond motifs is 1. The Bertz CT molecular complexity index is 976. The van der Waals surface area contributed by atoms with Crippen molar-refractivity contribution in [2.75, 3.05) is 14.1 Å². The molecule has 0 radical (unpaired) electrons. The Balaban J connectivity index is 2.07. The maximum atomic E-state index is 12.3. The Kier molecular flexibility index (Phi) is 8.92. The molecule has 0 spiro atoms. The number of allylic oxidation sites excluding steroid dienone is 4. The lowest BCUT2D eigenvalue weighted by molar-refractivity contribution is -0.121. The number of amides is 1. The van der Waals surface area contributed by atoms with Crippen LogP contribution in [0.5, 0.6) is 0 Å². The van der Waals surface area contributed by atoms with E-state index in [1.165, 1.54) is 39.2 Å². The highest BCUT2D eigenvalue weighted by atomic mass is 35.5. The predicted octanol–water partition coefficient (Wildman–Crippen LogP) is 6.28. The molecule has 33 heavy (non-hydrogen) atoms. The maximum absolute atomic E-state index is 12.3. The van der Waals surface area contributed by atoms with Crippen LogP contribution in [0.3, 0.4) is 0 Å². The van der Waals surface area contributed by atoms with Gasteiger partial charge in [0, 0.05) is 49.1 Å². The third kappa shape index (κ3) is 5.77.